The van der Waals surface area contributed by atoms with Gasteiger partial charge in [-0.2, -0.15) is 0 Å². The van der Waals surface area contributed by atoms with Gasteiger partial charge in [0.1, 0.15) is 19.3 Å². The Bertz CT molecular complexity index is 323. The van der Waals surface area contributed by atoms with Crippen LogP contribution in [0.4, 0.5) is 0 Å². The van der Waals surface area contributed by atoms with E-state index in [1.54, 1.807) is 0 Å². The number of ketones is 1. The summed E-state index contributed by atoms with van der Waals surface area (Å²) in [5.74, 6) is -0.686. The van der Waals surface area contributed by atoms with E-state index < -0.39 is 25.6 Å². The van der Waals surface area contributed by atoms with Gasteiger partial charge in [-0.05, 0) is 6.08 Å². The van der Waals surface area contributed by atoms with Crippen molar-refractivity contribution >= 4 is 13.4 Å². The zero-order valence-corrected chi connectivity index (χ0v) is 11.4. The van der Waals surface area contributed by atoms with Gasteiger partial charge in [0.05, 0.1) is 27.3 Å². The van der Waals surface area contributed by atoms with E-state index in [-0.39, 0.29) is 6.61 Å². The molecule has 0 saturated carbocycles. The molecule has 100 valence electrons. The molecule has 2 unspecified atom stereocenters. The monoisotopic (exact) mass is 266 g/mol. The lowest BCUT2D eigenvalue weighted by Crippen LogP contribution is -2.37. The van der Waals surface area contributed by atoms with E-state index in [9.17, 15) is 19.4 Å². The van der Waals surface area contributed by atoms with Crippen LogP contribution in [-0.2, 0) is 13.9 Å². The molecule has 0 aliphatic carbocycles. The molecule has 6 nitrogen and oxygen atoms in total. The Morgan fingerprint density at radius 2 is 2.06 bits per heavy atom. The van der Waals surface area contributed by atoms with Gasteiger partial charge in [0, 0.05) is 0 Å². The molecule has 0 bridgehead atoms. The van der Waals surface area contributed by atoms with Crippen LogP contribution in [0, 0.1) is 0 Å². The minimum Gasteiger partial charge on any atom is -0.384 e. The molecular weight excluding hydrogens is 245 g/mol. The highest BCUT2D eigenvalue weighted by Gasteiger charge is 2.27. The first-order chi connectivity index (χ1) is 7.57. The maximum Gasteiger partial charge on any atom is 0.331 e. The smallest absolute Gasteiger partial charge is 0.331 e. The van der Waals surface area contributed by atoms with Crippen molar-refractivity contribution in [2.45, 2.75) is 6.10 Å². The van der Waals surface area contributed by atoms with E-state index >= 15 is 0 Å². The highest BCUT2D eigenvalue weighted by molar-refractivity contribution is 7.52. The van der Waals surface area contributed by atoms with E-state index in [1.807, 2.05) is 21.1 Å². The van der Waals surface area contributed by atoms with Crippen LogP contribution in [-0.4, -0.2) is 66.8 Å². The molecule has 0 saturated heterocycles. The fourth-order valence-electron chi connectivity index (χ4n) is 0.955. The maximum absolute atomic E-state index is 11.5. The number of hydrogen-bond acceptors (Lipinski definition) is 4. The van der Waals surface area contributed by atoms with E-state index in [2.05, 4.69) is 6.58 Å². The Morgan fingerprint density at radius 3 is 2.47 bits per heavy atom. The van der Waals surface area contributed by atoms with Crippen molar-refractivity contribution in [3.63, 3.8) is 0 Å². The lowest BCUT2D eigenvalue weighted by Gasteiger charge is -2.24. The lowest BCUT2D eigenvalue weighted by atomic mass is 10.3. The van der Waals surface area contributed by atoms with Gasteiger partial charge in [-0.3, -0.25) is 9.36 Å². The number of hydrogen-bond donors (Lipinski definition) is 2. The highest BCUT2D eigenvalue weighted by atomic mass is 31.2. The largest absolute Gasteiger partial charge is 0.384 e. The molecule has 2 atom stereocenters. The third kappa shape index (κ3) is 8.24. The van der Waals surface area contributed by atoms with Crippen molar-refractivity contribution in [1.82, 2.24) is 0 Å². The number of nitrogens with zero attached hydrogens (tertiary/aromatic N) is 1. The van der Waals surface area contributed by atoms with Crippen LogP contribution in [0.5, 0.6) is 0 Å². The fraction of sp³-hybridized carbons (Fsp3) is 0.700. The molecule has 7 heteroatoms. The van der Waals surface area contributed by atoms with Gasteiger partial charge < -0.3 is 19.0 Å². The number of rotatable bonds is 8. The van der Waals surface area contributed by atoms with Gasteiger partial charge in [0.25, 0.3) is 0 Å². The third-order valence-corrected chi connectivity index (χ3v) is 3.38. The van der Waals surface area contributed by atoms with Crippen LogP contribution < -0.4 is 0 Å². The molecule has 0 rings (SSSR count). The van der Waals surface area contributed by atoms with Gasteiger partial charge >= 0.3 is 7.60 Å². The average molecular weight is 266 g/mol. The van der Waals surface area contributed by atoms with Gasteiger partial charge in [0.2, 0.25) is 0 Å². The first-order valence-electron chi connectivity index (χ1n) is 5.18. The van der Waals surface area contributed by atoms with Crippen LogP contribution in [0.1, 0.15) is 0 Å². The zero-order valence-electron chi connectivity index (χ0n) is 10.5. The zero-order chi connectivity index (χ0) is 13.7. The normalized spacial score (nSPS) is 17.2. The summed E-state index contributed by atoms with van der Waals surface area (Å²) in [6.45, 7) is 3.82. The van der Waals surface area contributed by atoms with Crippen molar-refractivity contribution in [3.8, 4) is 0 Å². The minimum atomic E-state index is -3.93. The summed E-state index contributed by atoms with van der Waals surface area (Å²) in [6, 6.07) is 0. The standard InChI is InChI=1S/C10H20NO5P/c1-5-9(12)10(13)8-17(14,15)16-7-6-11(2,3)4/h5,10,13H,1,6-8H2,2-4H3/p+1. The Labute approximate surface area is 102 Å². The molecule has 2 N–H and O–H groups in total. The van der Waals surface area contributed by atoms with Crippen molar-refractivity contribution in [2.75, 3.05) is 40.5 Å². The molecule has 0 fully saturated rings. The summed E-state index contributed by atoms with van der Waals surface area (Å²) in [6.07, 6.45) is -1.22. The Hall–Kier alpha value is -0.520. The first-order valence-corrected chi connectivity index (χ1v) is 6.95. The Balaban J connectivity index is 4.17. The first kappa shape index (κ1) is 16.5. The number of carbonyl (C=O) groups is 1. The maximum atomic E-state index is 11.5. The summed E-state index contributed by atoms with van der Waals surface area (Å²) >= 11 is 0. The van der Waals surface area contributed by atoms with Crippen molar-refractivity contribution in [1.29, 1.82) is 0 Å². The highest BCUT2D eigenvalue weighted by Crippen LogP contribution is 2.42. The fourth-order valence-corrected chi connectivity index (χ4v) is 2.04. The van der Waals surface area contributed by atoms with E-state index in [0.717, 1.165) is 6.08 Å². The van der Waals surface area contributed by atoms with E-state index in [1.165, 1.54) is 0 Å². The van der Waals surface area contributed by atoms with Crippen molar-refractivity contribution < 1.29 is 28.4 Å². The van der Waals surface area contributed by atoms with Gasteiger partial charge in [-0.25, -0.2) is 0 Å². The van der Waals surface area contributed by atoms with Crippen LogP contribution in [0.25, 0.3) is 0 Å². The van der Waals surface area contributed by atoms with Crippen LogP contribution in [0.3, 0.4) is 0 Å². The number of carbonyl (C=O) groups excluding carboxylic acids is 1. The van der Waals surface area contributed by atoms with Gasteiger partial charge in [-0.1, -0.05) is 6.58 Å². The molecule has 0 aliphatic rings. The molecule has 0 aromatic rings. The molecule has 17 heavy (non-hydrogen) atoms. The van der Waals surface area contributed by atoms with Crippen LogP contribution >= 0.6 is 7.60 Å². The molecular formula is C10H21NO5P+. The molecule has 0 heterocycles. The molecule has 0 radical (unpaired) electrons. The SMILES string of the molecule is C=CC(=O)C(O)CP(=O)(O)OCC[N+](C)(C)C. The molecule has 0 aromatic heterocycles. The molecule has 0 amide bonds. The van der Waals surface area contributed by atoms with Crippen molar-refractivity contribution in [3.05, 3.63) is 12.7 Å². The summed E-state index contributed by atoms with van der Waals surface area (Å²) in [5.41, 5.74) is 0. The lowest BCUT2D eigenvalue weighted by molar-refractivity contribution is -0.870. The van der Waals surface area contributed by atoms with Gasteiger partial charge in [-0.15, -0.1) is 0 Å². The molecule has 0 aromatic carbocycles. The minimum absolute atomic E-state index is 0.0896. The topological polar surface area (TPSA) is 83.8 Å². The summed E-state index contributed by atoms with van der Waals surface area (Å²) in [7, 11) is 1.82. The van der Waals surface area contributed by atoms with E-state index in [0.29, 0.717) is 11.0 Å². The summed E-state index contributed by atoms with van der Waals surface area (Å²) < 4.78 is 16.9. The predicted molar refractivity (Wildman–Crippen MR) is 64.8 cm³/mol. The second kappa shape index (κ2) is 6.42. The van der Waals surface area contributed by atoms with Gasteiger partial charge in [0.15, 0.2) is 5.78 Å². The van der Waals surface area contributed by atoms with Crippen LogP contribution in [0.15, 0.2) is 12.7 Å². The summed E-state index contributed by atoms with van der Waals surface area (Å²) in [5, 5.41) is 9.28. The van der Waals surface area contributed by atoms with Crippen LogP contribution in [0.2, 0.25) is 0 Å². The molecule has 0 aliphatic heterocycles. The number of aliphatic hydroxyl groups excluding tert-OH is 1. The quantitative estimate of drug-likeness (QED) is 0.367. The van der Waals surface area contributed by atoms with Crippen molar-refractivity contribution in [2.24, 2.45) is 0 Å². The number of quaternary nitrogens is 1. The molecule has 0 spiro atoms. The Kier molecular flexibility index (Phi) is 6.23. The second-order valence-corrected chi connectivity index (χ2v) is 6.69. The Morgan fingerprint density at radius 1 is 1.53 bits per heavy atom. The number of likely N-dealkylation sites (N-methyl/N-ethyl adjacent to an activating group) is 1. The van der Waals surface area contributed by atoms with E-state index in [4.69, 9.17) is 4.52 Å². The third-order valence-electron chi connectivity index (χ3n) is 1.99. The summed E-state index contributed by atoms with van der Waals surface area (Å²) in [4.78, 5) is 20.4. The second-order valence-electron chi connectivity index (χ2n) is 4.79. The predicted octanol–water partition coefficient (Wildman–Crippen LogP) is 0.0106. The average Bonchev–Trinajstić information content (AvgIpc) is 2.13. The number of aliphatic hydroxyl groups is 1.